The fourth-order valence-electron chi connectivity index (χ4n) is 2.47. The topological polar surface area (TPSA) is 26.3 Å². The quantitative estimate of drug-likeness (QED) is 0.777. The van der Waals surface area contributed by atoms with E-state index in [1.165, 1.54) is 6.42 Å². The van der Waals surface area contributed by atoms with Gasteiger partial charge in [0, 0.05) is 5.02 Å². The summed E-state index contributed by atoms with van der Waals surface area (Å²) < 4.78 is 5.48. The summed E-state index contributed by atoms with van der Waals surface area (Å²) in [4.78, 5) is 12.2. The number of benzene rings is 1. The van der Waals surface area contributed by atoms with E-state index >= 15 is 0 Å². The highest BCUT2D eigenvalue weighted by Crippen LogP contribution is 2.50. The van der Waals surface area contributed by atoms with Crippen LogP contribution in [0.4, 0.5) is 0 Å². The lowest BCUT2D eigenvalue weighted by atomic mass is 9.96. The molecule has 2 atom stereocenters. The van der Waals surface area contributed by atoms with Crippen molar-refractivity contribution in [1.29, 1.82) is 0 Å². The normalized spacial score (nSPS) is 27.7. The van der Waals surface area contributed by atoms with Crippen LogP contribution in [0.1, 0.15) is 31.7 Å². The highest BCUT2D eigenvalue weighted by Gasteiger charge is 2.53. The molecule has 2 unspecified atom stereocenters. The molecule has 3 heteroatoms. The molecule has 2 aliphatic rings. The van der Waals surface area contributed by atoms with Crippen LogP contribution in [-0.2, 0) is 14.9 Å². The maximum atomic E-state index is 12.2. The third-order valence-corrected chi connectivity index (χ3v) is 4.46. The average Bonchev–Trinajstić information content (AvgIpc) is 3.23. The first-order valence-corrected chi connectivity index (χ1v) is 6.93. The number of halogens is 1. The van der Waals surface area contributed by atoms with Crippen molar-refractivity contribution in [2.24, 2.45) is 11.8 Å². The van der Waals surface area contributed by atoms with Crippen LogP contribution in [0.2, 0.25) is 5.02 Å². The van der Waals surface area contributed by atoms with Crippen molar-refractivity contribution in [1.82, 2.24) is 0 Å². The molecule has 0 bridgehead atoms. The molecule has 2 saturated carbocycles. The van der Waals surface area contributed by atoms with Crippen molar-refractivity contribution in [3.63, 3.8) is 0 Å². The molecular weight excluding hydrogens is 248 g/mol. The monoisotopic (exact) mass is 264 g/mol. The summed E-state index contributed by atoms with van der Waals surface area (Å²) in [6.07, 6.45) is 2.95. The maximum absolute atomic E-state index is 12.2. The van der Waals surface area contributed by atoms with Gasteiger partial charge in [-0.1, -0.05) is 30.7 Å². The molecule has 2 nitrogen and oxygen atoms in total. The van der Waals surface area contributed by atoms with Crippen molar-refractivity contribution < 1.29 is 9.53 Å². The highest BCUT2D eigenvalue weighted by atomic mass is 35.5. The molecule has 3 rings (SSSR count). The van der Waals surface area contributed by atoms with Crippen molar-refractivity contribution in [2.75, 3.05) is 6.61 Å². The predicted molar refractivity (Wildman–Crippen MR) is 70.6 cm³/mol. The van der Waals surface area contributed by atoms with Crippen LogP contribution in [0.3, 0.4) is 0 Å². The third-order valence-electron chi connectivity index (χ3n) is 4.22. The summed E-state index contributed by atoms with van der Waals surface area (Å²) in [7, 11) is 0. The molecule has 0 radical (unpaired) electrons. The van der Waals surface area contributed by atoms with Gasteiger partial charge in [-0.3, -0.25) is 4.79 Å². The fraction of sp³-hybridized carbons (Fsp3) is 0.533. The maximum Gasteiger partial charge on any atom is 0.316 e. The minimum Gasteiger partial charge on any atom is -0.465 e. The molecule has 18 heavy (non-hydrogen) atoms. The number of hydrogen-bond acceptors (Lipinski definition) is 2. The van der Waals surface area contributed by atoms with E-state index in [2.05, 4.69) is 6.92 Å². The Morgan fingerprint density at radius 3 is 2.78 bits per heavy atom. The van der Waals surface area contributed by atoms with E-state index in [1.807, 2.05) is 24.3 Å². The van der Waals surface area contributed by atoms with Crippen LogP contribution in [0.25, 0.3) is 0 Å². The molecule has 0 aromatic heterocycles. The van der Waals surface area contributed by atoms with Gasteiger partial charge in [-0.15, -0.1) is 0 Å². The lowest BCUT2D eigenvalue weighted by Gasteiger charge is -2.15. The summed E-state index contributed by atoms with van der Waals surface area (Å²) in [5.41, 5.74) is 0.604. The van der Waals surface area contributed by atoms with E-state index in [1.54, 1.807) is 0 Å². The number of ether oxygens (including phenoxy) is 1. The fourth-order valence-corrected chi connectivity index (χ4v) is 2.66. The molecule has 2 fully saturated rings. The summed E-state index contributed by atoms with van der Waals surface area (Å²) in [6, 6.07) is 7.59. The summed E-state index contributed by atoms with van der Waals surface area (Å²) in [5.74, 6) is 1.24. The zero-order chi connectivity index (χ0) is 12.8. The lowest BCUT2D eigenvalue weighted by molar-refractivity contribution is -0.147. The minimum absolute atomic E-state index is 0.0659. The largest absolute Gasteiger partial charge is 0.465 e. The standard InChI is InChI=1S/C15H17ClO2/c1-10-7-11(10)9-18-14(17)15(5-6-15)12-3-2-4-13(16)8-12/h2-4,8,10-11H,5-7,9H2,1H3. The molecule has 1 aromatic carbocycles. The molecule has 2 aliphatic carbocycles. The van der Waals surface area contributed by atoms with Gasteiger partial charge in [-0.25, -0.2) is 0 Å². The van der Waals surface area contributed by atoms with Crippen molar-refractivity contribution in [2.45, 2.75) is 31.6 Å². The third kappa shape index (κ3) is 2.14. The van der Waals surface area contributed by atoms with Crippen LogP contribution in [-0.4, -0.2) is 12.6 Å². The lowest BCUT2D eigenvalue weighted by Crippen LogP contribution is -2.24. The number of carbonyl (C=O) groups is 1. The number of rotatable bonds is 4. The van der Waals surface area contributed by atoms with Crippen LogP contribution in [0, 0.1) is 11.8 Å². The molecule has 0 N–H and O–H groups in total. The van der Waals surface area contributed by atoms with Gasteiger partial charge in [0.25, 0.3) is 0 Å². The Balaban J connectivity index is 1.68. The van der Waals surface area contributed by atoms with E-state index in [-0.39, 0.29) is 5.97 Å². The Labute approximate surface area is 112 Å². The zero-order valence-corrected chi connectivity index (χ0v) is 11.2. The molecule has 96 valence electrons. The molecule has 0 heterocycles. The average molecular weight is 265 g/mol. The summed E-state index contributed by atoms with van der Waals surface area (Å²) in [6.45, 7) is 2.78. The van der Waals surface area contributed by atoms with E-state index in [0.717, 1.165) is 24.3 Å². The van der Waals surface area contributed by atoms with Gasteiger partial charge in [0.1, 0.15) is 0 Å². The van der Waals surface area contributed by atoms with Gasteiger partial charge in [0.05, 0.1) is 12.0 Å². The Morgan fingerprint density at radius 1 is 1.50 bits per heavy atom. The van der Waals surface area contributed by atoms with Gasteiger partial charge in [0.2, 0.25) is 0 Å². The van der Waals surface area contributed by atoms with Crippen LogP contribution < -0.4 is 0 Å². The number of hydrogen-bond donors (Lipinski definition) is 0. The number of carbonyl (C=O) groups excluding carboxylic acids is 1. The minimum atomic E-state index is -0.400. The smallest absolute Gasteiger partial charge is 0.316 e. The molecular formula is C15H17ClO2. The first-order valence-electron chi connectivity index (χ1n) is 6.55. The van der Waals surface area contributed by atoms with E-state index in [9.17, 15) is 4.79 Å². The zero-order valence-electron chi connectivity index (χ0n) is 10.5. The van der Waals surface area contributed by atoms with Gasteiger partial charge < -0.3 is 4.74 Å². The van der Waals surface area contributed by atoms with E-state index in [4.69, 9.17) is 16.3 Å². The van der Waals surface area contributed by atoms with Crippen LogP contribution in [0.15, 0.2) is 24.3 Å². The van der Waals surface area contributed by atoms with E-state index in [0.29, 0.717) is 17.5 Å². The van der Waals surface area contributed by atoms with Gasteiger partial charge >= 0.3 is 5.97 Å². The predicted octanol–water partition coefficient (Wildman–Crippen LogP) is 3.57. The Kier molecular flexibility index (Phi) is 2.86. The first-order chi connectivity index (χ1) is 8.62. The Hall–Kier alpha value is -1.02. The molecule has 0 amide bonds. The second-order valence-corrected chi connectivity index (χ2v) is 6.10. The molecule has 1 aromatic rings. The van der Waals surface area contributed by atoms with Gasteiger partial charge in [0.15, 0.2) is 0 Å². The Morgan fingerprint density at radius 2 is 2.22 bits per heavy atom. The van der Waals surface area contributed by atoms with Crippen LogP contribution in [0.5, 0.6) is 0 Å². The van der Waals surface area contributed by atoms with Gasteiger partial charge in [-0.2, -0.15) is 0 Å². The molecule has 0 spiro atoms. The number of esters is 1. The van der Waals surface area contributed by atoms with Crippen molar-refractivity contribution in [3.8, 4) is 0 Å². The Bertz CT molecular complexity index is 479. The van der Waals surface area contributed by atoms with E-state index < -0.39 is 5.41 Å². The van der Waals surface area contributed by atoms with Gasteiger partial charge in [-0.05, 0) is 48.8 Å². The second kappa shape index (κ2) is 4.27. The molecule has 0 aliphatic heterocycles. The van der Waals surface area contributed by atoms with Crippen molar-refractivity contribution >= 4 is 17.6 Å². The summed E-state index contributed by atoms with van der Waals surface area (Å²) >= 11 is 5.99. The SMILES string of the molecule is CC1CC1COC(=O)C1(c2cccc(Cl)c2)CC1. The summed E-state index contributed by atoms with van der Waals surface area (Å²) in [5, 5.41) is 0.683. The second-order valence-electron chi connectivity index (χ2n) is 5.66. The highest BCUT2D eigenvalue weighted by molar-refractivity contribution is 6.30. The molecule has 0 saturated heterocycles. The first kappa shape index (κ1) is 12.0. The van der Waals surface area contributed by atoms with Crippen molar-refractivity contribution in [3.05, 3.63) is 34.9 Å². The van der Waals surface area contributed by atoms with Crippen LogP contribution >= 0.6 is 11.6 Å².